The van der Waals surface area contributed by atoms with Crippen LogP contribution in [0.5, 0.6) is 0 Å². The van der Waals surface area contributed by atoms with Crippen molar-refractivity contribution in [3.8, 4) is 0 Å². The molecule has 0 saturated heterocycles. The van der Waals surface area contributed by atoms with Crippen molar-refractivity contribution in [3.05, 3.63) is 15.4 Å². The molecule has 1 rings (SSSR count). The molecule has 1 heterocycles. The molecule has 1 aromatic rings. The summed E-state index contributed by atoms with van der Waals surface area (Å²) < 4.78 is 25.4. The summed E-state index contributed by atoms with van der Waals surface area (Å²) in [7, 11) is -0.294. The van der Waals surface area contributed by atoms with Crippen LogP contribution in [0.2, 0.25) is 0 Å². The predicted octanol–water partition coefficient (Wildman–Crippen LogP) is -0.415. The Morgan fingerprint density at radius 3 is 2.56 bits per heavy atom. The molecule has 6 nitrogen and oxygen atoms in total. The number of thiazole rings is 1. The highest BCUT2D eigenvalue weighted by Gasteiger charge is 2.25. The van der Waals surface area contributed by atoms with Gasteiger partial charge in [-0.1, -0.05) is 11.3 Å². The fraction of sp³-hybridized carbons (Fsp3) is 0.625. The summed E-state index contributed by atoms with van der Waals surface area (Å²) in [4.78, 5) is 13.2. The molecule has 2 N–H and O–H groups in total. The van der Waals surface area contributed by atoms with E-state index in [2.05, 4.69) is 10.3 Å². The molecule has 16 heavy (non-hydrogen) atoms. The Hall–Kier alpha value is -0.700. The van der Waals surface area contributed by atoms with Gasteiger partial charge in [-0.25, -0.2) is 8.42 Å². The predicted molar refractivity (Wildman–Crippen MR) is 63.4 cm³/mol. The summed E-state index contributed by atoms with van der Waals surface area (Å²) in [6.45, 7) is 2.51. The lowest BCUT2D eigenvalue weighted by atomic mass is 10.6. The Morgan fingerprint density at radius 1 is 1.50 bits per heavy atom. The number of rotatable bonds is 5. The molecule has 0 aliphatic carbocycles. The van der Waals surface area contributed by atoms with Crippen LogP contribution in [0.25, 0.3) is 0 Å². The van der Waals surface area contributed by atoms with Crippen molar-refractivity contribution in [2.45, 2.75) is 11.1 Å². The van der Waals surface area contributed by atoms with Crippen LogP contribution in [-0.4, -0.2) is 44.9 Å². The molecule has 0 aliphatic rings. The van der Waals surface area contributed by atoms with Gasteiger partial charge < -0.3 is 10.3 Å². The summed E-state index contributed by atoms with van der Waals surface area (Å²) in [5.74, 6) is 0. The van der Waals surface area contributed by atoms with Gasteiger partial charge in [-0.15, -0.1) is 0 Å². The van der Waals surface area contributed by atoms with E-state index < -0.39 is 10.0 Å². The van der Waals surface area contributed by atoms with Crippen molar-refractivity contribution in [2.24, 2.45) is 0 Å². The fourth-order valence-corrected chi connectivity index (χ4v) is 3.83. The molecule has 0 aromatic carbocycles. The topological polar surface area (TPSA) is 82.3 Å². The second kappa shape index (κ2) is 5.09. The zero-order valence-electron chi connectivity index (χ0n) is 9.40. The van der Waals surface area contributed by atoms with Gasteiger partial charge in [-0.2, -0.15) is 4.31 Å². The first kappa shape index (κ1) is 13.4. The molecule has 0 bridgehead atoms. The molecule has 0 aliphatic heterocycles. The van der Waals surface area contributed by atoms with E-state index >= 15 is 0 Å². The first-order valence-corrected chi connectivity index (χ1v) is 6.96. The molecule has 0 saturated carbocycles. The number of nitrogens with one attached hydrogen (secondary N) is 2. The third kappa shape index (κ3) is 2.70. The van der Waals surface area contributed by atoms with Crippen LogP contribution in [0.15, 0.2) is 9.00 Å². The highest BCUT2D eigenvalue weighted by Crippen LogP contribution is 2.19. The van der Waals surface area contributed by atoms with Gasteiger partial charge in [0, 0.05) is 25.8 Å². The van der Waals surface area contributed by atoms with Crippen LogP contribution in [0, 0.1) is 6.92 Å². The average Bonchev–Trinajstić information content (AvgIpc) is 2.54. The summed E-state index contributed by atoms with van der Waals surface area (Å²) in [6.07, 6.45) is 0. The van der Waals surface area contributed by atoms with Gasteiger partial charge in [0.05, 0.1) is 0 Å². The van der Waals surface area contributed by atoms with Crippen LogP contribution >= 0.6 is 11.3 Å². The van der Waals surface area contributed by atoms with Crippen molar-refractivity contribution in [3.63, 3.8) is 0 Å². The smallest absolute Gasteiger partial charge is 0.305 e. The number of hydrogen-bond acceptors (Lipinski definition) is 5. The van der Waals surface area contributed by atoms with Gasteiger partial charge in [-0.3, -0.25) is 4.79 Å². The summed E-state index contributed by atoms with van der Waals surface area (Å²) in [5.41, 5.74) is 0.395. The molecular weight excluding hydrogens is 250 g/mol. The maximum atomic E-state index is 12.0. The molecule has 0 amide bonds. The largest absolute Gasteiger partial charge is 0.318 e. The highest BCUT2D eigenvalue weighted by molar-refractivity contribution is 7.91. The Labute approximate surface area is 98.3 Å². The number of likely N-dealkylation sites (N-methyl/N-ethyl adjacent to an activating group) is 2. The van der Waals surface area contributed by atoms with Crippen LogP contribution in [0.1, 0.15) is 5.69 Å². The summed E-state index contributed by atoms with van der Waals surface area (Å²) in [6, 6.07) is 0. The number of nitrogens with zero attached hydrogens (tertiary/aromatic N) is 1. The number of aromatic amines is 1. The van der Waals surface area contributed by atoms with E-state index in [1.165, 1.54) is 11.4 Å². The molecule has 1 aromatic heterocycles. The number of aromatic nitrogens is 1. The number of H-pyrrole nitrogens is 1. The van der Waals surface area contributed by atoms with Gasteiger partial charge in [0.1, 0.15) is 0 Å². The normalized spacial score (nSPS) is 12.2. The van der Waals surface area contributed by atoms with E-state index in [0.717, 1.165) is 11.3 Å². The maximum absolute atomic E-state index is 12.0. The second-order valence-corrected chi connectivity index (χ2v) is 6.58. The second-order valence-electron chi connectivity index (χ2n) is 3.36. The standard InChI is InChI=1S/C8H15N3O3S2/c1-6-7(15-8(12)10-6)16(13,14)11(3)5-4-9-2/h9H,4-5H2,1-3H3,(H,10,12). The number of hydrogen-bond donors (Lipinski definition) is 2. The van der Waals surface area contributed by atoms with Gasteiger partial charge in [0.15, 0.2) is 4.21 Å². The molecular formula is C8H15N3O3S2. The maximum Gasteiger partial charge on any atom is 0.305 e. The van der Waals surface area contributed by atoms with E-state index in [1.54, 1.807) is 14.0 Å². The van der Waals surface area contributed by atoms with Crippen LogP contribution in [0.3, 0.4) is 0 Å². The Kier molecular flexibility index (Phi) is 4.25. The lowest BCUT2D eigenvalue weighted by Crippen LogP contribution is -2.32. The lowest BCUT2D eigenvalue weighted by molar-refractivity contribution is 0.467. The van der Waals surface area contributed by atoms with Crippen molar-refractivity contribution < 1.29 is 8.42 Å². The Bertz CT molecular complexity index is 503. The quantitative estimate of drug-likeness (QED) is 0.758. The Morgan fingerprint density at radius 2 is 2.12 bits per heavy atom. The molecule has 0 fully saturated rings. The van der Waals surface area contributed by atoms with E-state index in [9.17, 15) is 13.2 Å². The van der Waals surface area contributed by atoms with Crippen LogP contribution in [-0.2, 0) is 10.0 Å². The van der Waals surface area contributed by atoms with Crippen molar-refractivity contribution >= 4 is 21.4 Å². The van der Waals surface area contributed by atoms with E-state index in [4.69, 9.17) is 0 Å². The monoisotopic (exact) mass is 265 g/mol. The molecule has 0 atom stereocenters. The van der Waals surface area contributed by atoms with Gasteiger partial charge in [0.2, 0.25) is 0 Å². The van der Waals surface area contributed by atoms with Crippen molar-refractivity contribution in [1.29, 1.82) is 0 Å². The molecule has 0 spiro atoms. The third-order valence-electron chi connectivity index (χ3n) is 2.10. The zero-order valence-corrected chi connectivity index (χ0v) is 11.0. The highest BCUT2D eigenvalue weighted by atomic mass is 32.2. The van der Waals surface area contributed by atoms with Crippen LogP contribution in [0.4, 0.5) is 0 Å². The molecule has 0 unspecified atom stereocenters. The van der Waals surface area contributed by atoms with Gasteiger partial charge >= 0.3 is 4.87 Å². The van der Waals surface area contributed by atoms with Gasteiger partial charge in [0.25, 0.3) is 10.0 Å². The SMILES string of the molecule is CNCCN(C)S(=O)(=O)c1sc(=O)[nH]c1C. The minimum atomic E-state index is -3.54. The minimum Gasteiger partial charge on any atom is -0.318 e. The van der Waals surface area contributed by atoms with Gasteiger partial charge in [-0.05, 0) is 14.0 Å². The van der Waals surface area contributed by atoms with Crippen molar-refractivity contribution in [2.75, 3.05) is 27.2 Å². The average molecular weight is 265 g/mol. The molecule has 8 heteroatoms. The summed E-state index contributed by atoms with van der Waals surface area (Å²) >= 11 is 0.722. The minimum absolute atomic E-state index is 0.0936. The van der Waals surface area contributed by atoms with Crippen LogP contribution < -0.4 is 10.2 Å². The van der Waals surface area contributed by atoms with E-state index in [0.29, 0.717) is 18.8 Å². The third-order valence-corrected chi connectivity index (χ3v) is 5.54. The molecule has 92 valence electrons. The first-order chi connectivity index (χ1) is 7.39. The number of aryl methyl sites for hydroxylation is 1. The first-order valence-electron chi connectivity index (χ1n) is 4.70. The van der Waals surface area contributed by atoms with Crippen molar-refractivity contribution in [1.82, 2.24) is 14.6 Å². The number of sulfonamides is 1. The molecule has 0 radical (unpaired) electrons. The fourth-order valence-electron chi connectivity index (χ4n) is 1.17. The van der Waals surface area contributed by atoms with E-state index in [1.807, 2.05) is 0 Å². The lowest BCUT2D eigenvalue weighted by Gasteiger charge is -2.15. The Balaban J connectivity index is 3.02. The van der Waals surface area contributed by atoms with E-state index in [-0.39, 0.29) is 9.08 Å². The summed E-state index contributed by atoms with van der Waals surface area (Å²) in [5, 5.41) is 2.87. The zero-order chi connectivity index (χ0) is 12.3.